The van der Waals surface area contributed by atoms with Crippen LogP contribution in [0.2, 0.25) is 10.2 Å². The monoisotopic (exact) mass is 297 g/mol. The molecule has 0 saturated carbocycles. The van der Waals surface area contributed by atoms with Crippen LogP contribution in [0.15, 0.2) is 24.5 Å². The van der Waals surface area contributed by atoms with E-state index in [1.165, 1.54) is 13.4 Å². The van der Waals surface area contributed by atoms with Gasteiger partial charge in [0.2, 0.25) is 0 Å². The van der Waals surface area contributed by atoms with E-state index in [0.29, 0.717) is 28.6 Å². The van der Waals surface area contributed by atoms with Crippen LogP contribution in [0.1, 0.15) is 10.4 Å². The summed E-state index contributed by atoms with van der Waals surface area (Å²) in [6.45, 7) is 0. The van der Waals surface area contributed by atoms with E-state index in [-0.39, 0.29) is 10.7 Å². The van der Waals surface area contributed by atoms with E-state index in [9.17, 15) is 4.79 Å². The Balaban J connectivity index is 2.34. The third-order valence-electron chi connectivity index (χ3n) is 2.37. The average molecular weight is 298 g/mol. The number of nitrogens with zero attached hydrogens (tertiary/aromatic N) is 2. The van der Waals surface area contributed by atoms with E-state index >= 15 is 0 Å². The summed E-state index contributed by atoms with van der Waals surface area (Å²) in [7, 11) is 1.53. The van der Waals surface area contributed by atoms with Gasteiger partial charge in [-0.2, -0.15) is 0 Å². The Bertz CT molecular complexity index is 620. The van der Waals surface area contributed by atoms with Gasteiger partial charge in [0.1, 0.15) is 23.0 Å². The van der Waals surface area contributed by atoms with Crippen molar-refractivity contribution in [2.75, 3.05) is 12.4 Å². The number of nitrogens with one attached hydrogen (secondary N) is 1. The van der Waals surface area contributed by atoms with Crippen LogP contribution < -0.4 is 10.1 Å². The number of aromatic nitrogens is 2. The van der Waals surface area contributed by atoms with Crippen molar-refractivity contribution in [3.05, 3.63) is 40.3 Å². The minimum atomic E-state index is 0.0899. The maximum Gasteiger partial charge on any atom is 0.156 e. The number of carbonyl (C=O) groups excluding carboxylic acids is 1. The Morgan fingerprint density at radius 1 is 1.32 bits per heavy atom. The zero-order valence-corrected chi connectivity index (χ0v) is 11.4. The van der Waals surface area contributed by atoms with Gasteiger partial charge in [0.15, 0.2) is 6.29 Å². The molecule has 19 heavy (non-hydrogen) atoms. The number of rotatable bonds is 4. The summed E-state index contributed by atoms with van der Waals surface area (Å²) in [4.78, 5) is 18.7. The van der Waals surface area contributed by atoms with E-state index in [0.717, 1.165) is 0 Å². The Morgan fingerprint density at radius 3 is 2.74 bits per heavy atom. The molecule has 0 atom stereocenters. The number of anilines is 2. The van der Waals surface area contributed by atoms with Crippen molar-refractivity contribution in [1.29, 1.82) is 0 Å². The molecule has 0 aliphatic heterocycles. The first kappa shape index (κ1) is 13.6. The molecule has 1 heterocycles. The van der Waals surface area contributed by atoms with Crippen molar-refractivity contribution < 1.29 is 9.53 Å². The number of hydrogen-bond acceptors (Lipinski definition) is 5. The van der Waals surface area contributed by atoms with Gasteiger partial charge in [0, 0.05) is 5.69 Å². The van der Waals surface area contributed by atoms with Gasteiger partial charge in [0.05, 0.1) is 17.7 Å². The fourth-order valence-corrected chi connectivity index (χ4v) is 1.89. The highest BCUT2D eigenvalue weighted by Crippen LogP contribution is 2.29. The minimum Gasteiger partial charge on any atom is -0.495 e. The van der Waals surface area contributed by atoms with Crippen molar-refractivity contribution >= 4 is 41.0 Å². The predicted octanol–water partition coefficient (Wildman–Crippen LogP) is 3.35. The van der Waals surface area contributed by atoms with Gasteiger partial charge in [-0.15, -0.1) is 0 Å². The molecule has 2 aromatic rings. The molecule has 0 bridgehead atoms. The smallest absolute Gasteiger partial charge is 0.156 e. The Morgan fingerprint density at radius 2 is 2.11 bits per heavy atom. The predicted molar refractivity (Wildman–Crippen MR) is 73.7 cm³/mol. The van der Waals surface area contributed by atoms with Crippen LogP contribution in [0.4, 0.5) is 11.5 Å². The van der Waals surface area contributed by atoms with Gasteiger partial charge in [-0.05, 0) is 18.2 Å². The zero-order valence-electron chi connectivity index (χ0n) is 9.85. The van der Waals surface area contributed by atoms with E-state index in [1.807, 2.05) is 0 Å². The lowest BCUT2D eigenvalue weighted by Crippen LogP contribution is -2.00. The van der Waals surface area contributed by atoms with Crippen molar-refractivity contribution in [2.45, 2.75) is 0 Å². The van der Waals surface area contributed by atoms with E-state index in [1.54, 1.807) is 18.2 Å². The lowest BCUT2D eigenvalue weighted by atomic mass is 10.2. The Labute approximate surface area is 119 Å². The third kappa shape index (κ3) is 2.94. The van der Waals surface area contributed by atoms with Crippen molar-refractivity contribution in [3.8, 4) is 5.75 Å². The van der Waals surface area contributed by atoms with Crippen LogP contribution >= 0.6 is 23.2 Å². The van der Waals surface area contributed by atoms with Gasteiger partial charge in [-0.1, -0.05) is 23.2 Å². The lowest BCUT2D eigenvalue weighted by molar-refractivity contribution is 0.112. The molecule has 0 aliphatic carbocycles. The van der Waals surface area contributed by atoms with Crippen LogP contribution in [-0.2, 0) is 0 Å². The number of ether oxygens (including phenoxy) is 1. The summed E-state index contributed by atoms with van der Waals surface area (Å²) in [5, 5.41) is 3.48. The first-order valence-corrected chi connectivity index (χ1v) is 5.97. The van der Waals surface area contributed by atoms with Crippen LogP contribution in [0, 0.1) is 0 Å². The molecule has 0 aliphatic rings. The Hall–Kier alpha value is -1.85. The number of methoxy groups -OCH3 is 1. The molecule has 5 nitrogen and oxygen atoms in total. The second-order valence-electron chi connectivity index (χ2n) is 3.52. The molecule has 0 amide bonds. The third-order valence-corrected chi connectivity index (χ3v) is 2.96. The molecule has 1 N–H and O–H groups in total. The van der Waals surface area contributed by atoms with Gasteiger partial charge < -0.3 is 10.1 Å². The summed E-state index contributed by atoms with van der Waals surface area (Å²) in [6, 6.07) is 5.11. The summed E-state index contributed by atoms with van der Waals surface area (Å²) in [5.41, 5.74) is 0.847. The normalized spacial score (nSPS) is 10.1. The minimum absolute atomic E-state index is 0.0899. The van der Waals surface area contributed by atoms with Crippen molar-refractivity contribution in [3.63, 3.8) is 0 Å². The van der Waals surface area contributed by atoms with Crippen LogP contribution in [-0.4, -0.2) is 23.4 Å². The molecule has 0 spiro atoms. The maximum absolute atomic E-state index is 11.0. The van der Waals surface area contributed by atoms with Gasteiger partial charge in [0.25, 0.3) is 0 Å². The molecule has 2 rings (SSSR count). The fourth-order valence-electron chi connectivity index (χ4n) is 1.46. The number of aldehydes is 1. The van der Waals surface area contributed by atoms with E-state index in [4.69, 9.17) is 27.9 Å². The number of hydrogen-bond donors (Lipinski definition) is 1. The second-order valence-corrected chi connectivity index (χ2v) is 4.28. The fraction of sp³-hybridized carbons (Fsp3) is 0.0833. The number of halogens is 2. The standard InChI is InChI=1S/C12H9Cl2N3O2/c1-19-10-3-2-7(4-9(10)13)17-12-8(5-18)11(14)15-6-16-12/h2-6H,1H3,(H,15,16,17). The zero-order chi connectivity index (χ0) is 13.8. The molecule has 0 unspecified atom stereocenters. The quantitative estimate of drug-likeness (QED) is 0.692. The van der Waals surface area contributed by atoms with Crippen molar-refractivity contribution in [1.82, 2.24) is 9.97 Å². The van der Waals surface area contributed by atoms with Gasteiger partial charge >= 0.3 is 0 Å². The first-order chi connectivity index (χ1) is 9.15. The van der Waals surface area contributed by atoms with Gasteiger partial charge in [-0.3, -0.25) is 4.79 Å². The summed E-state index contributed by atoms with van der Waals surface area (Å²) >= 11 is 11.8. The lowest BCUT2D eigenvalue weighted by Gasteiger charge is -2.10. The molecule has 1 aromatic heterocycles. The maximum atomic E-state index is 11.0. The SMILES string of the molecule is COc1ccc(Nc2ncnc(Cl)c2C=O)cc1Cl. The molecular formula is C12H9Cl2N3O2. The highest BCUT2D eigenvalue weighted by Gasteiger charge is 2.10. The van der Waals surface area contributed by atoms with Gasteiger partial charge in [-0.25, -0.2) is 9.97 Å². The first-order valence-electron chi connectivity index (χ1n) is 5.22. The molecule has 1 aromatic carbocycles. The van der Waals surface area contributed by atoms with E-state index in [2.05, 4.69) is 15.3 Å². The van der Waals surface area contributed by atoms with Crippen LogP contribution in [0.5, 0.6) is 5.75 Å². The molecule has 98 valence electrons. The summed E-state index contributed by atoms with van der Waals surface area (Å²) < 4.78 is 5.05. The van der Waals surface area contributed by atoms with Crippen LogP contribution in [0.3, 0.4) is 0 Å². The molecule has 7 heteroatoms. The van der Waals surface area contributed by atoms with E-state index < -0.39 is 0 Å². The van der Waals surface area contributed by atoms with Crippen LogP contribution in [0.25, 0.3) is 0 Å². The molecule has 0 saturated heterocycles. The number of carbonyl (C=O) groups is 1. The molecular weight excluding hydrogens is 289 g/mol. The highest BCUT2D eigenvalue weighted by atomic mass is 35.5. The summed E-state index contributed by atoms with van der Waals surface area (Å²) in [5.74, 6) is 0.875. The summed E-state index contributed by atoms with van der Waals surface area (Å²) in [6.07, 6.45) is 1.86. The largest absolute Gasteiger partial charge is 0.495 e. The Kier molecular flexibility index (Phi) is 4.19. The van der Waals surface area contributed by atoms with Crippen molar-refractivity contribution in [2.24, 2.45) is 0 Å². The average Bonchev–Trinajstić information content (AvgIpc) is 2.39. The molecule has 0 radical (unpaired) electrons. The number of benzene rings is 1. The second kappa shape index (κ2) is 5.86. The highest BCUT2D eigenvalue weighted by molar-refractivity contribution is 6.32. The topological polar surface area (TPSA) is 64.1 Å². The molecule has 0 fully saturated rings.